The monoisotopic (exact) mass is 455 g/mol. The SMILES string of the molecule is CC(C)Sc1ccc(C(=O)N(Cc2cccnc2)c2nc3c(F)cc(F)cc3s2)cc1. The summed E-state index contributed by atoms with van der Waals surface area (Å²) in [5.74, 6) is -1.70. The van der Waals surface area contributed by atoms with Crippen molar-refractivity contribution in [2.75, 3.05) is 4.90 Å². The van der Waals surface area contributed by atoms with Gasteiger partial charge in [-0.25, -0.2) is 13.8 Å². The van der Waals surface area contributed by atoms with E-state index >= 15 is 0 Å². The molecule has 2 heterocycles. The van der Waals surface area contributed by atoms with E-state index in [1.54, 1.807) is 42.4 Å². The Kier molecular flexibility index (Phi) is 6.29. The van der Waals surface area contributed by atoms with Gasteiger partial charge >= 0.3 is 0 Å². The van der Waals surface area contributed by atoms with Crippen molar-refractivity contribution in [2.24, 2.45) is 0 Å². The first kappa shape index (κ1) is 21.4. The van der Waals surface area contributed by atoms with Crippen LogP contribution in [0.15, 0.2) is 65.8 Å². The van der Waals surface area contributed by atoms with Crippen LogP contribution in [-0.2, 0) is 6.54 Å². The lowest BCUT2D eigenvalue weighted by molar-refractivity contribution is 0.0985. The van der Waals surface area contributed by atoms with Crippen LogP contribution in [0.5, 0.6) is 0 Å². The summed E-state index contributed by atoms with van der Waals surface area (Å²) in [6.07, 6.45) is 3.31. The van der Waals surface area contributed by atoms with Gasteiger partial charge in [-0.2, -0.15) is 0 Å². The van der Waals surface area contributed by atoms with E-state index in [9.17, 15) is 13.6 Å². The number of fused-ring (bicyclic) bond motifs is 1. The number of benzene rings is 2. The molecular formula is C23H19F2N3OS2. The fourth-order valence-corrected chi connectivity index (χ4v) is 4.91. The number of hydrogen-bond acceptors (Lipinski definition) is 5. The standard InChI is InChI=1S/C23H19F2N3OS2/c1-14(2)30-18-7-5-16(6-8-18)22(29)28(13-15-4-3-9-26-12-15)23-27-21-19(25)10-17(24)11-20(21)31-23/h3-12,14H,13H2,1-2H3. The van der Waals surface area contributed by atoms with Crippen molar-refractivity contribution in [3.8, 4) is 0 Å². The Morgan fingerprint density at radius 2 is 1.94 bits per heavy atom. The lowest BCUT2D eigenvalue weighted by Gasteiger charge is -2.20. The summed E-state index contributed by atoms with van der Waals surface area (Å²) in [5.41, 5.74) is 1.34. The van der Waals surface area contributed by atoms with Crippen LogP contribution < -0.4 is 4.90 Å². The number of amides is 1. The minimum absolute atomic E-state index is 0.0501. The molecule has 0 radical (unpaired) electrons. The zero-order valence-electron chi connectivity index (χ0n) is 16.9. The summed E-state index contributed by atoms with van der Waals surface area (Å²) >= 11 is 2.79. The molecule has 0 aliphatic rings. The molecule has 0 aliphatic heterocycles. The molecule has 31 heavy (non-hydrogen) atoms. The van der Waals surface area contributed by atoms with Gasteiger partial charge in [0.25, 0.3) is 5.91 Å². The first-order valence-corrected chi connectivity index (χ1v) is 11.3. The Bertz CT molecular complexity index is 1210. The van der Waals surface area contributed by atoms with E-state index in [0.717, 1.165) is 27.9 Å². The number of thioether (sulfide) groups is 1. The predicted octanol–water partition coefficient (Wildman–Crippen LogP) is 6.32. The van der Waals surface area contributed by atoms with E-state index in [0.29, 0.717) is 20.6 Å². The molecule has 0 saturated carbocycles. The van der Waals surface area contributed by atoms with Gasteiger partial charge in [0.2, 0.25) is 0 Å². The molecule has 8 heteroatoms. The van der Waals surface area contributed by atoms with Crippen molar-refractivity contribution in [3.63, 3.8) is 0 Å². The van der Waals surface area contributed by atoms with Gasteiger partial charge < -0.3 is 0 Å². The molecule has 0 bridgehead atoms. The van der Waals surface area contributed by atoms with E-state index in [1.165, 1.54) is 11.0 Å². The zero-order chi connectivity index (χ0) is 22.0. The predicted molar refractivity (Wildman–Crippen MR) is 122 cm³/mol. The van der Waals surface area contributed by atoms with Gasteiger partial charge in [-0.15, -0.1) is 11.8 Å². The fourth-order valence-electron chi connectivity index (χ4n) is 3.07. The van der Waals surface area contributed by atoms with E-state index in [-0.39, 0.29) is 18.0 Å². The Labute approximate surface area is 187 Å². The van der Waals surface area contributed by atoms with Crippen LogP contribution in [0.2, 0.25) is 0 Å². The number of aromatic nitrogens is 2. The normalized spacial score (nSPS) is 11.3. The Balaban J connectivity index is 1.72. The van der Waals surface area contributed by atoms with Crippen LogP contribution in [-0.4, -0.2) is 21.1 Å². The first-order valence-electron chi connectivity index (χ1n) is 9.64. The molecule has 0 atom stereocenters. The van der Waals surface area contributed by atoms with Crippen molar-refractivity contribution < 1.29 is 13.6 Å². The minimum atomic E-state index is -0.749. The third-order valence-electron chi connectivity index (χ3n) is 4.41. The number of pyridine rings is 1. The third kappa shape index (κ3) is 4.91. The molecule has 0 N–H and O–H groups in total. The second kappa shape index (κ2) is 9.11. The molecule has 1 amide bonds. The Hall–Kier alpha value is -2.84. The summed E-state index contributed by atoms with van der Waals surface area (Å²) in [6.45, 7) is 4.42. The molecule has 4 rings (SSSR count). The summed E-state index contributed by atoms with van der Waals surface area (Å²) in [6, 6.07) is 13.0. The molecule has 4 nitrogen and oxygen atoms in total. The molecule has 0 saturated heterocycles. The zero-order valence-corrected chi connectivity index (χ0v) is 18.5. The van der Waals surface area contributed by atoms with Crippen LogP contribution in [0.25, 0.3) is 10.2 Å². The van der Waals surface area contributed by atoms with Gasteiger partial charge in [-0.3, -0.25) is 14.7 Å². The molecule has 158 valence electrons. The number of carbonyl (C=O) groups excluding carboxylic acids is 1. The maximum absolute atomic E-state index is 14.2. The molecule has 0 spiro atoms. The number of halogens is 2. The minimum Gasteiger partial charge on any atom is -0.279 e. The average Bonchev–Trinajstić information content (AvgIpc) is 3.16. The Morgan fingerprint density at radius 1 is 1.16 bits per heavy atom. The van der Waals surface area contributed by atoms with Crippen molar-refractivity contribution in [3.05, 3.63) is 83.7 Å². The molecule has 2 aromatic carbocycles. The van der Waals surface area contributed by atoms with Crippen LogP contribution in [0.3, 0.4) is 0 Å². The largest absolute Gasteiger partial charge is 0.279 e. The highest BCUT2D eigenvalue weighted by Crippen LogP contribution is 2.33. The topological polar surface area (TPSA) is 46.1 Å². The van der Waals surface area contributed by atoms with E-state index in [2.05, 4.69) is 23.8 Å². The molecule has 0 unspecified atom stereocenters. The number of rotatable bonds is 6. The quantitative estimate of drug-likeness (QED) is 0.319. The van der Waals surface area contributed by atoms with Gasteiger partial charge in [0.15, 0.2) is 10.9 Å². The van der Waals surface area contributed by atoms with Gasteiger partial charge in [-0.1, -0.05) is 31.3 Å². The van der Waals surface area contributed by atoms with E-state index in [1.807, 2.05) is 18.2 Å². The van der Waals surface area contributed by atoms with Crippen molar-refractivity contribution >= 4 is 44.4 Å². The highest BCUT2D eigenvalue weighted by molar-refractivity contribution is 7.99. The maximum Gasteiger partial charge on any atom is 0.260 e. The van der Waals surface area contributed by atoms with Gasteiger partial charge in [0.1, 0.15) is 11.3 Å². The summed E-state index contributed by atoms with van der Waals surface area (Å²) in [4.78, 5) is 24.4. The van der Waals surface area contributed by atoms with E-state index in [4.69, 9.17) is 0 Å². The highest BCUT2D eigenvalue weighted by Gasteiger charge is 2.23. The molecular weight excluding hydrogens is 436 g/mol. The second-order valence-electron chi connectivity index (χ2n) is 7.17. The van der Waals surface area contributed by atoms with Crippen molar-refractivity contribution in [1.82, 2.24) is 9.97 Å². The smallest absolute Gasteiger partial charge is 0.260 e. The van der Waals surface area contributed by atoms with Crippen LogP contribution in [0.4, 0.5) is 13.9 Å². The summed E-state index contributed by atoms with van der Waals surface area (Å²) in [5, 5.41) is 0.732. The van der Waals surface area contributed by atoms with Crippen LogP contribution in [0.1, 0.15) is 29.8 Å². The highest BCUT2D eigenvalue weighted by atomic mass is 32.2. The second-order valence-corrected chi connectivity index (χ2v) is 9.83. The first-order chi connectivity index (χ1) is 14.9. The molecule has 0 fully saturated rings. The lowest BCUT2D eigenvalue weighted by atomic mass is 10.2. The average molecular weight is 456 g/mol. The maximum atomic E-state index is 14.2. The summed E-state index contributed by atoms with van der Waals surface area (Å²) < 4.78 is 28.2. The molecule has 2 aromatic heterocycles. The van der Waals surface area contributed by atoms with Crippen LogP contribution >= 0.6 is 23.1 Å². The van der Waals surface area contributed by atoms with E-state index < -0.39 is 11.6 Å². The number of hydrogen-bond donors (Lipinski definition) is 0. The lowest BCUT2D eigenvalue weighted by Crippen LogP contribution is -2.30. The van der Waals surface area contributed by atoms with Crippen molar-refractivity contribution in [1.29, 1.82) is 0 Å². The molecule has 0 aliphatic carbocycles. The van der Waals surface area contributed by atoms with Gasteiger partial charge in [-0.05, 0) is 42.0 Å². The van der Waals surface area contributed by atoms with Gasteiger partial charge in [0.05, 0.1) is 11.2 Å². The number of anilines is 1. The van der Waals surface area contributed by atoms with Crippen molar-refractivity contribution in [2.45, 2.75) is 30.5 Å². The number of nitrogens with zero attached hydrogens (tertiary/aromatic N) is 3. The molecule has 4 aromatic rings. The number of carbonyl (C=O) groups is 1. The summed E-state index contributed by atoms with van der Waals surface area (Å²) in [7, 11) is 0. The fraction of sp³-hybridized carbons (Fsp3) is 0.174. The number of thiazole rings is 1. The van der Waals surface area contributed by atoms with Crippen LogP contribution in [0, 0.1) is 11.6 Å². The van der Waals surface area contributed by atoms with Gasteiger partial charge in [0, 0.05) is 34.2 Å². The third-order valence-corrected chi connectivity index (χ3v) is 6.46. The Morgan fingerprint density at radius 3 is 2.61 bits per heavy atom.